The Bertz CT molecular complexity index is 445. The molecule has 2 N–H and O–H groups in total. The SMILES string of the molecule is NC1CCCC2CCN(CCCc3ccc(F)cc3)CC12. The lowest BCUT2D eigenvalue weighted by Gasteiger charge is -2.44. The van der Waals surface area contributed by atoms with Gasteiger partial charge in [-0.1, -0.05) is 18.6 Å². The summed E-state index contributed by atoms with van der Waals surface area (Å²) in [5.74, 6) is 1.45. The number of aryl methyl sites for hydroxylation is 1. The third-order valence-corrected chi connectivity index (χ3v) is 5.41. The molecule has 21 heavy (non-hydrogen) atoms. The zero-order valence-corrected chi connectivity index (χ0v) is 12.8. The van der Waals surface area contributed by atoms with Gasteiger partial charge in [0.1, 0.15) is 5.82 Å². The largest absolute Gasteiger partial charge is 0.327 e. The average Bonchev–Trinajstić information content (AvgIpc) is 2.50. The quantitative estimate of drug-likeness (QED) is 0.922. The van der Waals surface area contributed by atoms with Crippen LogP contribution in [0.25, 0.3) is 0 Å². The van der Waals surface area contributed by atoms with Crippen molar-refractivity contribution in [3.8, 4) is 0 Å². The van der Waals surface area contributed by atoms with E-state index in [9.17, 15) is 4.39 Å². The van der Waals surface area contributed by atoms with Crippen LogP contribution in [-0.4, -0.2) is 30.6 Å². The number of hydrogen-bond donors (Lipinski definition) is 1. The van der Waals surface area contributed by atoms with Crippen molar-refractivity contribution in [2.45, 2.75) is 44.6 Å². The van der Waals surface area contributed by atoms with E-state index in [1.807, 2.05) is 12.1 Å². The van der Waals surface area contributed by atoms with E-state index < -0.39 is 0 Å². The highest BCUT2D eigenvalue weighted by atomic mass is 19.1. The fraction of sp³-hybridized carbons (Fsp3) is 0.667. The number of likely N-dealkylation sites (tertiary alicyclic amines) is 1. The Balaban J connectivity index is 1.44. The summed E-state index contributed by atoms with van der Waals surface area (Å²) < 4.78 is 12.9. The standard InChI is InChI=1S/C18H27FN2/c19-16-8-6-14(7-9-16)3-2-11-21-12-10-15-4-1-5-18(20)17(15)13-21/h6-9,15,17-18H,1-5,10-13,20H2. The number of hydrogen-bond acceptors (Lipinski definition) is 2. The van der Waals surface area contributed by atoms with Crippen molar-refractivity contribution in [1.82, 2.24) is 4.90 Å². The number of nitrogens with two attached hydrogens (primary N) is 1. The van der Waals surface area contributed by atoms with E-state index in [0.29, 0.717) is 6.04 Å². The Labute approximate surface area is 127 Å². The lowest BCUT2D eigenvalue weighted by molar-refractivity contribution is 0.0721. The monoisotopic (exact) mass is 290 g/mol. The lowest BCUT2D eigenvalue weighted by atomic mass is 9.72. The molecule has 1 aromatic rings. The fourth-order valence-electron chi connectivity index (χ4n) is 4.14. The molecule has 2 fully saturated rings. The first-order valence-electron chi connectivity index (χ1n) is 8.45. The molecule has 116 valence electrons. The second-order valence-electron chi connectivity index (χ2n) is 6.84. The minimum Gasteiger partial charge on any atom is -0.327 e. The van der Waals surface area contributed by atoms with Crippen LogP contribution in [0, 0.1) is 17.7 Å². The highest BCUT2D eigenvalue weighted by Crippen LogP contribution is 2.35. The van der Waals surface area contributed by atoms with Crippen LogP contribution >= 0.6 is 0 Å². The van der Waals surface area contributed by atoms with Gasteiger partial charge < -0.3 is 10.6 Å². The molecular formula is C18H27FN2. The van der Waals surface area contributed by atoms with E-state index in [1.165, 1.54) is 44.3 Å². The molecule has 3 rings (SSSR count). The van der Waals surface area contributed by atoms with Crippen LogP contribution in [0.4, 0.5) is 4.39 Å². The molecule has 1 heterocycles. The predicted molar refractivity (Wildman–Crippen MR) is 84.6 cm³/mol. The van der Waals surface area contributed by atoms with Crippen LogP contribution in [0.2, 0.25) is 0 Å². The van der Waals surface area contributed by atoms with Crippen LogP contribution in [-0.2, 0) is 6.42 Å². The van der Waals surface area contributed by atoms with Gasteiger partial charge >= 0.3 is 0 Å². The molecule has 0 bridgehead atoms. The first-order chi connectivity index (χ1) is 10.2. The Morgan fingerprint density at radius 3 is 2.76 bits per heavy atom. The molecule has 0 radical (unpaired) electrons. The van der Waals surface area contributed by atoms with Crippen molar-refractivity contribution in [3.63, 3.8) is 0 Å². The third-order valence-electron chi connectivity index (χ3n) is 5.41. The van der Waals surface area contributed by atoms with Gasteiger partial charge in [0, 0.05) is 12.6 Å². The smallest absolute Gasteiger partial charge is 0.123 e. The maximum Gasteiger partial charge on any atom is 0.123 e. The Kier molecular flexibility index (Phi) is 4.91. The van der Waals surface area contributed by atoms with Gasteiger partial charge in [-0.15, -0.1) is 0 Å². The van der Waals surface area contributed by atoms with Crippen molar-refractivity contribution in [1.29, 1.82) is 0 Å². The van der Waals surface area contributed by atoms with Crippen molar-refractivity contribution < 1.29 is 4.39 Å². The van der Waals surface area contributed by atoms with Gasteiger partial charge in [-0.3, -0.25) is 0 Å². The van der Waals surface area contributed by atoms with Crippen LogP contribution < -0.4 is 5.73 Å². The molecule has 3 unspecified atom stereocenters. The molecule has 2 nitrogen and oxygen atoms in total. The molecule has 1 aliphatic heterocycles. The summed E-state index contributed by atoms with van der Waals surface area (Å²) in [4.78, 5) is 2.59. The zero-order chi connectivity index (χ0) is 14.7. The lowest BCUT2D eigenvalue weighted by Crippen LogP contribution is -2.50. The molecule has 1 saturated heterocycles. The predicted octanol–water partition coefficient (Wildman–Crippen LogP) is 3.21. The summed E-state index contributed by atoms with van der Waals surface area (Å²) in [6.45, 7) is 3.57. The van der Waals surface area contributed by atoms with E-state index in [0.717, 1.165) is 31.2 Å². The van der Waals surface area contributed by atoms with Gasteiger partial charge in [-0.2, -0.15) is 0 Å². The maximum atomic E-state index is 12.9. The Morgan fingerprint density at radius 1 is 1.14 bits per heavy atom. The second-order valence-corrected chi connectivity index (χ2v) is 6.84. The summed E-state index contributed by atoms with van der Waals surface area (Å²) in [5, 5.41) is 0. The van der Waals surface area contributed by atoms with Gasteiger partial charge in [0.2, 0.25) is 0 Å². The van der Waals surface area contributed by atoms with E-state index in [-0.39, 0.29) is 5.82 Å². The van der Waals surface area contributed by atoms with Crippen LogP contribution in [0.1, 0.15) is 37.7 Å². The topological polar surface area (TPSA) is 29.3 Å². The molecular weight excluding hydrogens is 263 g/mol. The van der Waals surface area contributed by atoms with E-state index in [4.69, 9.17) is 5.73 Å². The van der Waals surface area contributed by atoms with Crippen molar-refractivity contribution in [2.24, 2.45) is 17.6 Å². The number of nitrogens with zero attached hydrogens (tertiary/aromatic N) is 1. The maximum absolute atomic E-state index is 12.9. The Hall–Kier alpha value is -0.930. The summed E-state index contributed by atoms with van der Waals surface area (Å²) >= 11 is 0. The van der Waals surface area contributed by atoms with Gasteiger partial charge in [-0.05, 0) is 74.7 Å². The fourth-order valence-corrected chi connectivity index (χ4v) is 4.14. The highest BCUT2D eigenvalue weighted by molar-refractivity contribution is 5.16. The summed E-state index contributed by atoms with van der Waals surface area (Å²) in [6, 6.07) is 7.34. The zero-order valence-electron chi connectivity index (χ0n) is 12.8. The normalized spacial score (nSPS) is 30.1. The number of halogens is 1. The van der Waals surface area contributed by atoms with E-state index >= 15 is 0 Å². The molecule has 2 aliphatic rings. The molecule has 3 heteroatoms. The second kappa shape index (κ2) is 6.89. The van der Waals surface area contributed by atoms with E-state index in [2.05, 4.69) is 4.90 Å². The molecule has 0 amide bonds. The van der Waals surface area contributed by atoms with Crippen molar-refractivity contribution >= 4 is 0 Å². The van der Waals surface area contributed by atoms with Crippen molar-refractivity contribution in [3.05, 3.63) is 35.6 Å². The number of piperidine rings is 1. The molecule has 0 spiro atoms. The summed E-state index contributed by atoms with van der Waals surface area (Å²) in [7, 11) is 0. The summed E-state index contributed by atoms with van der Waals surface area (Å²) in [5.41, 5.74) is 7.56. The van der Waals surface area contributed by atoms with Crippen molar-refractivity contribution in [2.75, 3.05) is 19.6 Å². The van der Waals surface area contributed by atoms with Gasteiger partial charge in [0.05, 0.1) is 0 Å². The van der Waals surface area contributed by atoms with E-state index in [1.54, 1.807) is 12.1 Å². The highest BCUT2D eigenvalue weighted by Gasteiger charge is 2.35. The minimum atomic E-state index is -0.146. The number of rotatable bonds is 4. The van der Waals surface area contributed by atoms with Gasteiger partial charge in [0.25, 0.3) is 0 Å². The van der Waals surface area contributed by atoms with Crippen LogP contribution in [0.5, 0.6) is 0 Å². The first-order valence-corrected chi connectivity index (χ1v) is 8.45. The molecule has 1 saturated carbocycles. The number of benzene rings is 1. The summed E-state index contributed by atoms with van der Waals surface area (Å²) in [6.07, 6.45) is 7.45. The molecule has 0 aromatic heterocycles. The van der Waals surface area contributed by atoms with Gasteiger partial charge in [-0.25, -0.2) is 4.39 Å². The van der Waals surface area contributed by atoms with Crippen LogP contribution in [0.15, 0.2) is 24.3 Å². The molecule has 1 aromatic carbocycles. The van der Waals surface area contributed by atoms with Gasteiger partial charge in [0.15, 0.2) is 0 Å². The molecule has 1 aliphatic carbocycles. The minimum absolute atomic E-state index is 0.146. The number of fused-ring (bicyclic) bond motifs is 1. The molecule has 3 atom stereocenters. The third kappa shape index (κ3) is 3.83. The average molecular weight is 290 g/mol. The van der Waals surface area contributed by atoms with Crippen LogP contribution in [0.3, 0.4) is 0 Å². The first kappa shape index (κ1) is 15.0. The Morgan fingerprint density at radius 2 is 1.95 bits per heavy atom.